The maximum absolute atomic E-state index is 5.24. The molecule has 0 unspecified atom stereocenters. The molecule has 0 fully saturated rings. The molecule has 6 aromatic heterocycles. The Balaban J connectivity index is 0.981. The predicted octanol–water partition coefficient (Wildman–Crippen LogP) is 11.6. The van der Waals surface area contributed by atoms with Crippen LogP contribution < -0.4 is 0 Å². The van der Waals surface area contributed by atoms with Crippen molar-refractivity contribution in [2.24, 2.45) is 0 Å². The van der Waals surface area contributed by atoms with Crippen LogP contribution >= 0.6 is 0 Å². The van der Waals surface area contributed by atoms with Gasteiger partial charge in [-0.2, -0.15) is 0 Å². The molecule has 0 bridgehead atoms. The van der Waals surface area contributed by atoms with E-state index in [2.05, 4.69) is 156 Å². The normalized spacial score (nSPS) is 11.7. The van der Waals surface area contributed by atoms with Gasteiger partial charge < -0.3 is 0 Å². The second-order valence-electron chi connectivity index (χ2n) is 13.6. The van der Waals surface area contributed by atoms with Gasteiger partial charge in [-0.3, -0.25) is 9.97 Å². The first-order valence-corrected chi connectivity index (χ1v) is 17.9. The lowest BCUT2D eigenvalue weighted by molar-refractivity contribution is 1.35. The largest absolute Gasteiger partial charge is 0.254 e. The summed E-state index contributed by atoms with van der Waals surface area (Å²) in [6.45, 7) is 0. The van der Waals surface area contributed by atoms with Crippen LogP contribution in [0.2, 0.25) is 0 Å². The summed E-state index contributed by atoms with van der Waals surface area (Å²) in [5.74, 6) is 0. The molecule has 0 aliphatic carbocycles. The van der Waals surface area contributed by atoms with Crippen LogP contribution in [0.5, 0.6) is 0 Å². The highest BCUT2D eigenvalue weighted by Crippen LogP contribution is 2.33. The zero-order valence-corrected chi connectivity index (χ0v) is 28.8. The lowest BCUT2D eigenvalue weighted by Gasteiger charge is -2.10. The standard InChI is InChI=1S/C48H28N6/c1-5-35(39-21-17-31-13-11-29-9-3-25-49-43(29)45(31)51-39)27-37(7-1)41-23-19-33-15-16-34-20-24-42(54-48(34)47(33)53-41)38-8-2-6-36(28-38)40-22-18-32-14-12-30-10-4-26-50-44(30)46(32)52-40/h1-28H. The summed E-state index contributed by atoms with van der Waals surface area (Å²) < 4.78 is 0. The van der Waals surface area contributed by atoms with Crippen molar-refractivity contribution in [3.05, 3.63) is 170 Å². The van der Waals surface area contributed by atoms with E-state index in [1.54, 1.807) is 0 Å². The Bertz CT molecular complexity index is 3080. The van der Waals surface area contributed by atoms with Gasteiger partial charge in [0, 0.05) is 67.0 Å². The van der Waals surface area contributed by atoms with Gasteiger partial charge >= 0.3 is 0 Å². The number of rotatable bonds is 4. The molecule has 11 rings (SSSR count). The summed E-state index contributed by atoms with van der Waals surface area (Å²) in [7, 11) is 0. The molecular weight excluding hydrogens is 661 g/mol. The fourth-order valence-electron chi connectivity index (χ4n) is 7.53. The molecule has 6 heterocycles. The minimum atomic E-state index is 0.866. The minimum absolute atomic E-state index is 0.866. The molecule has 0 spiro atoms. The van der Waals surface area contributed by atoms with Crippen molar-refractivity contribution in [2.45, 2.75) is 0 Å². The van der Waals surface area contributed by atoms with E-state index in [4.69, 9.17) is 19.9 Å². The second-order valence-corrected chi connectivity index (χ2v) is 13.6. The highest BCUT2D eigenvalue weighted by atomic mass is 14.8. The lowest BCUT2D eigenvalue weighted by atomic mass is 10.0. The van der Waals surface area contributed by atoms with Gasteiger partial charge in [0.1, 0.15) is 0 Å². The van der Waals surface area contributed by atoms with Gasteiger partial charge in [-0.05, 0) is 48.5 Å². The van der Waals surface area contributed by atoms with Crippen LogP contribution in [0.25, 0.3) is 110 Å². The van der Waals surface area contributed by atoms with E-state index >= 15 is 0 Å². The summed E-state index contributed by atoms with van der Waals surface area (Å²) in [5.41, 5.74) is 13.0. The fourth-order valence-corrected chi connectivity index (χ4v) is 7.53. The van der Waals surface area contributed by atoms with E-state index in [1.165, 1.54) is 0 Å². The molecule has 6 nitrogen and oxygen atoms in total. The SMILES string of the molecule is c1cc(-c2ccc3ccc4cccnc4c3n2)cc(-c2ccc3ccc4ccc(-c5cccc(-c6ccc7ccc8cccnc8c7n6)c5)nc4c3n2)c1. The Morgan fingerprint density at radius 3 is 0.852 bits per heavy atom. The molecule has 0 aliphatic rings. The van der Waals surface area contributed by atoms with Crippen LogP contribution in [0.1, 0.15) is 0 Å². The summed E-state index contributed by atoms with van der Waals surface area (Å²) in [4.78, 5) is 30.0. The minimum Gasteiger partial charge on any atom is -0.254 e. The molecule has 0 atom stereocenters. The van der Waals surface area contributed by atoms with Gasteiger partial charge in [0.15, 0.2) is 0 Å². The van der Waals surface area contributed by atoms with Crippen LogP contribution in [0, 0.1) is 0 Å². The first-order chi connectivity index (χ1) is 26.7. The van der Waals surface area contributed by atoms with Crippen molar-refractivity contribution < 1.29 is 0 Å². The summed E-state index contributed by atoms with van der Waals surface area (Å²) in [6, 6.07) is 54.4. The molecule has 0 saturated carbocycles. The van der Waals surface area contributed by atoms with Crippen LogP contribution in [0.3, 0.4) is 0 Å². The molecule has 11 aromatic rings. The highest BCUT2D eigenvalue weighted by molar-refractivity contribution is 6.06. The molecule has 6 heteroatoms. The molecule has 0 saturated heterocycles. The third-order valence-corrected chi connectivity index (χ3v) is 10.3. The van der Waals surface area contributed by atoms with Gasteiger partial charge in [0.25, 0.3) is 0 Å². The fraction of sp³-hybridized carbons (Fsp3) is 0. The predicted molar refractivity (Wildman–Crippen MR) is 220 cm³/mol. The second kappa shape index (κ2) is 12.1. The van der Waals surface area contributed by atoms with Crippen LogP contribution in [-0.4, -0.2) is 29.9 Å². The van der Waals surface area contributed by atoms with E-state index in [0.717, 1.165) is 110 Å². The Morgan fingerprint density at radius 1 is 0.241 bits per heavy atom. The Hall–Kier alpha value is -7.44. The maximum Gasteiger partial charge on any atom is 0.0972 e. The summed E-state index contributed by atoms with van der Waals surface area (Å²) >= 11 is 0. The van der Waals surface area contributed by atoms with Gasteiger partial charge in [0.2, 0.25) is 0 Å². The monoisotopic (exact) mass is 688 g/mol. The van der Waals surface area contributed by atoms with Crippen molar-refractivity contribution in [1.29, 1.82) is 0 Å². The van der Waals surface area contributed by atoms with Crippen LogP contribution in [0.4, 0.5) is 0 Å². The van der Waals surface area contributed by atoms with Gasteiger partial charge in [-0.25, -0.2) is 19.9 Å². The molecule has 0 N–H and O–H groups in total. The first-order valence-electron chi connectivity index (χ1n) is 17.9. The summed E-state index contributed by atoms with van der Waals surface area (Å²) in [5, 5.41) is 6.37. The molecular formula is C48H28N6. The number of hydrogen-bond acceptors (Lipinski definition) is 6. The molecule has 0 aliphatic heterocycles. The first kappa shape index (κ1) is 30.2. The maximum atomic E-state index is 5.24. The number of pyridine rings is 6. The third kappa shape index (κ3) is 5.04. The van der Waals surface area contributed by atoms with Crippen LogP contribution in [0.15, 0.2) is 170 Å². The molecule has 54 heavy (non-hydrogen) atoms. The lowest BCUT2D eigenvalue weighted by Crippen LogP contribution is -1.92. The van der Waals surface area contributed by atoms with Gasteiger partial charge in [-0.15, -0.1) is 0 Å². The summed E-state index contributed by atoms with van der Waals surface area (Å²) in [6.07, 6.45) is 3.65. The molecule has 0 radical (unpaired) electrons. The highest BCUT2D eigenvalue weighted by Gasteiger charge is 2.13. The zero-order chi connectivity index (χ0) is 35.6. The number of nitrogens with zero attached hydrogens (tertiary/aromatic N) is 6. The molecule has 0 amide bonds. The van der Waals surface area contributed by atoms with E-state index in [1.807, 2.05) is 24.5 Å². The van der Waals surface area contributed by atoms with Crippen molar-refractivity contribution in [3.8, 4) is 45.0 Å². The number of fused-ring (bicyclic) bond motifs is 9. The van der Waals surface area contributed by atoms with Crippen molar-refractivity contribution in [3.63, 3.8) is 0 Å². The number of hydrogen-bond donors (Lipinski definition) is 0. The number of aromatic nitrogens is 6. The Labute approximate surface area is 309 Å². The topological polar surface area (TPSA) is 77.3 Å². The van der Waals surface area contributed by atoms with Crippen LogP contribution in [-0.2, 0) is 0 Å². The van der Waals surface area contributed by atoms with Gasteiger partial charge in [0.05, 0.1) is 55.9 Å². The van der Waals surface area contributed by atoms with Crippen molar-refractivity contribution in [1.82, 2.24) is 29.9 Å². The molecule has 250 valence electrons. The van der Waals surface area contributed by atoms with E-state index in [-0.39, 0.29) is 0 Å². The van der Waals surface area contributed by atoms with E-state index < -0.39 is 0 Å². The number of benzene rings is 5. The smallest absolute Gasteiger partial charge is 0.0972 e. The van der Waals surface area contributed by atoms with Gasteiger partial charge in [-0.1, -0.05) is 109 Å². The zero-order valence-electron chi connectivity index (χ0n) is 28.8. The quantitative estimate of drug-likeness (QED) is 0.171. The van der Waals surface area contributed by atoms with E-state index in [0.29, 0.717) is 0 Å². The molecule has 5 aromatic carbocycles. The Morgan fingerprint density at radius 2 is 0.519 bits per heavy atom. The van der Waals surface area contributed by atoms with Crippen molar-refractivity contribution in [2.75, 3.05) is 0 Å². The Kier molecular flexibility index (Phi) is 6.75. The van der Waals surface area contributed by atoms with E-state index in [9.17, 15) is 0 Å². The van der Waals surface area contributed by atoms with Crippen molar-refractivity contribution >= 4 is 65.4 Å². The average Bonchev–Trinajstić information content (AvgIpc) is 3.25. The third-order valence-electron chi connectivity index (χ3n) is 10.3. The average molecular weight is 689 g/mol.